The minimum Gasteiger partial charge on any atom is -0.496 e. The number of benzene rings is 2. The first kappa shape index (κ1) is 33.4. The van der Waals surface area contributed by atoms with Gasteiger partial charge in [-0.1, -0.05) is 49.5 Å². The Morgan fingerprint density at radius 1 is 1.19 bits per heavy atom. The number of cyclic esters (lactones) is 1. The molecule has 230 valence electrons. The summed E-state index contributed by atoms with van der Waals surface area (Å²) >= 11 is 0. The summed E-state index contributed by atoms with van der Waals surface area (Å²) in [6, 6.07) is 8.91. The quantitative estimate of drug-likeness (QED) is 0.101. The van der Waals surface area contributed by atoms with Crippen LogP contribution >= 0.6 is 7.52 Å². The highest BCUT2D eigenvalue weighted by atomic mass is 31.2. The molecule has 0 spiro atoms. The van der Waals surface area contributed by atoms with Crippen LogP contribution < -0.4 is 19.1 Å². The molecule has 0 fully saturated rings. The van der Waals surface area contributed by atoms with Gasteiger partial charge < -0.3 is 23.5 Å². The molecule has 0 aromatic heterocycles. The van der Waals surface area contributed by atoms with Crippen molar-refractivity contribution in [2.75, 3.05) is 26.5 Å². The number of allylic oxidation sites excluding steroid dienone is 2. The van der Waals surface area contributed by atoms with Gasteiger partial charge in [0, 0.05) is 19.2 Å². The third-order valence-electron chi connectivity index (χ3n) is 6.86. The fourth-order valence-electron chi connectivity index (χ4n) is 4.67. The largest absolute Gasteiger partial charge is 0.496 e. The van der Waals surface area contributed by atoms with Gasteiger partial charge in [0.15, 0.2) is 0 Å². The maximum Gasteiger partial charge on any atom is 0.342 e. The van der Waals surface area contributed by atoms with Gasteiger partial charge in [0.05, 0.1) is 26.5 Å². The monoisotopic (exact) mass is 617 g/mol. The Morgan fingerprint density at radius 2 is 1.88 bits per heavy atom. The van der Waals surface area contributed by atoms with E-state index in [1.807, 2.05) is 26.0 Å². The number of nitrogens with one attached hydrogen (secondary N) is 1. The molecular weight excluding hydrogens is 573 g/mol. The lowest BCUT2D eigenvalue weighted by atomic mass is 9.95. The molecule has 0 saturated heterocycles. The average Bonchev–Trinajstić information content (AvgIpc) is 3.30. The van der Waals surface area contributed by atoms with Crippen LogP contribution in [-0.2, 0) is 31.9 Å². The summed E-state index contributed by atoms with van der Waals surface area (Å²) in [5.74, 6) is 0.622. The molecule has 9 nitrogen and oxygen atoms in total. The number of fused-ring (bicyclic) bond motifs is 1. The molecule has 0 amide bonds. The molecule has 2 aromatic rings. The molecule has 1 aliphatic heterocycles. The summed E-state index contributed by atoms with van der Waals surface area (Å²) in [5.41, 5.74) is 3.55. The van der Waals surface area contributed by atoms with Crippen LogP contribution in [0.15, 0.2) is 42.0 Å². The summed E-state index contributed by atoms with van der Waals surface area (Å²) in [6.45, 7) is 14.8. The van der Waals surface area contributed by atoms with E-state index in [2.05, 4.69) is 24.7 Å². The highest BCUT2D eigenvalue weighted by Gasteiger charge is 2.34. The second-order valence-electron chi connectivity index (χ2n) is 11.6. The first-order valence-corrected chi connectivity index (χ1v) is 19.8. The van der Waals surface area contributed by atoms with Crippen LogP contribution in [0.1, 0.15) is 47.8 Å². The molecule has 0 bridgehead atoms. The Bertz CT molecular complexity index is 1350. The maximum absolute atomic E-state index is 14.1. The second kappa shape index (κ2) is 14.4. The van der Waals surface area contributed by atoms with Crippen molar-refractivity contribution in [3.8, 4) is 17.2 Å². The second-order valence-corrected chi connectivity index (χ2v) is 19.4. The van der Waals surface area contributed by atoms with E-state index in [-0.39, 0.29) is 19.4 Å². The lowest BCUT2D eigenvalue weighted by Gasteiger charge is -2.24. The highest BCUT2D eigenvalue weighted by Crippen LogP contribution is 2.46. The first-order valence-electron chi connectivity index (χ1n) is 14.2. The molecule has 1 unspecified atom stereocenters. The van der Waals surface area contributed by atoms with Crippen LogP contribution in [0.5, 0.6) is 17.2 Å². The third-order valence-corrected chi connectivity index (χ3v) is 10.8. The normalized spacial score (nSPS) is 15.3. The van der Waals surface area contributed by atoms with Crippen molar-refractivity contribution < 1.29 is 37.6 Å². The van der Waals surface area contributed by atoms with Gasteiger partial charge >= 0.3 is 19.5 Å². The van der Waals surface area contributed by atoms with Crippen LogP contribution in [0.2, 0.25) is 25.7 Å². The van der Waals surface area contributed by atoms with Crippen LogP contribution in [0.3, 0.4) is 0 Å². The van der Waals surface area contributed by atoms with Gasteiger partial charge in [0.1, 0.15) is 35.5 Å². The number of rotatable bonds is 15. The Morgan fingerprint density at radius 3 is 2.50 bits per heavy atom. The smallest absolute Gasteiger partial charge is 0.342 e. The van der Waals surface area contributed by atoms with E-state index in [0.717, 1.165) is 28.3 Å². The first-order chi connectivity index (χ1) is 19.8. The van der Waals surface area contributed by atoms with Gasteiger partial charge in [-0.3, -0.25) is 9.36 Å². The van der Waals surface area contributed by atoms with Crippen LogP contribution in [0.4, 0.5) is 0 Å². The summed E-state index contributed by atoms with van der Waals surface area (Å²) < 4.78 is 42.7. The number of hydrogen-bond acceptors (Lipinski definition) is 8. The van der Waals surface area contributed by atoms with Gasteiger partial charge in [0.2, 0.25) is 0 Å². The van der Waals surface area contributed by atoms with Gasteiger partial charge in [-0.05, 0) is 57.9 Å². The summed E-state index contributed by atoms with van der Waals surface area (Å²) in [7, 11) is -3.40. The lowest BCUT2D eigenvalue weighted by molar-refractivity contribution is -0.144. The third kappa shape index (κ3) is 8.72. The summed E-state index contributed by atoms with van der Waals surface area (Å²) in [5, 5.41) is 2.89. The minimum atomic E-state index is -3.60. The molecule has 11 heteroatoms. The molecule has 1 heterocycles. The number of para-hydroxylation sites is 1. The topological polar surface area (TPSA) is 109 Å². The fraction of sp³-hybridized carbons (Fsp3) is 0.484. The molecule has 42 heavy (non-hydrogen) atoms. The van der Waals surface area contributed by atoms with Crippen molar-refractivity contribution in [1.82, 2.24) is 5.09 Å². The zero-order chi connectivity index (χ0) is 31.1. The maximum atomic E-state index is 14.1. The van der Waals surface area contributed by atoms with Gasteiger partial charge in [0.25, 0.3) is 0 Å². The average molecular weight is 618 g/mol. The van der Waals surface area contributed by atoms with E-state index in [1.165, 1.54) is 0 Å². The van der Waals surface area contributed by atoms with Crippen LogP contribution in [0.25, 0.3) is 0 Å². The molecule has 2 aromatic carbocycles. The Labute approximate surface area is 250 Å². The predicted octanol–water partition coefficient (Wildman–Crippen LogP) is 6.69. The number of carbonyl (C=O) groups is 2. The minimum absolute atomic E-state index is 0.0335. The summed E-state index contributed by atoms with van der Waals surface area (Å²) in [6.07, 6.45) is 2.32. The van der Waals surface area contributed by atoms with Crippen molar-refractivity contribution in [2.24, 2.45) is 0 Å². The van der Waals surface area contributed by atoms with E-state index in [0.29, 0.717) is 35.8 Å². The summed E-state index contributed by atoms with van der Waals surface area (Å²) in [4.78, 5) is 25.1. The van der Waals surface area contributed by atoms with Crippen LogP contribution in [0, 0.1) is 6.92 Å². The molecule has 1 N–H and O–H groups in total. The van der Waals surface area contributed by atoms with Gasteiger partial charge in [-0.2, -0.15) is 0 Å². The number of carbonyl (C=O) groups excluding carboxylic acids is 2. The molecule has 0 radical (unpaired) electrons. The Kier molecular flexibility index (Phi) is 11.5. The number of methoxy groups -OCH3 is 1. The van der Waals surface area contributed by atoms with Crippen molar-refractivity contribution in [3.63, 3.8) is 0 Å². The lowest BCUT2D eigenvalue weighted by Crippen LogP contribution is -2.35. The van der Waals surface area contributed by atoms with Crippen molar-refractivity contribution >= 4 is 27.5 Å². The van der Waals surface area contributed by atoms with Crippen molar-refractivity contribution in [3.05, 3.63) is 64.2 Å². The zero-order valence-electron chi connectivity index (χ0n) is 26.0. The number of ether oxygens (including phenoxy) is 4. The van der Waals surface area contributed by atoms with E-state index >= 15 is 0 Å². The molecule has 0 aliphatic carbocycles. The number of esters is 2. The number of hydrogen-bond donors (Lipinski definition) is 1. The molecule has 1 aliphatic rings. The predicted molar refractivity (Wildman–Crippen MR) is 167 cm³/mol. The molecule has 2 atom stereocenters. The van der Waals surface area contributed by atoms with Crippen LogP contribution in [-0.4, -0.2) is 52.5 Å². The highest BCUT2D eigenvalue weighted by molar-refractivity contribution is 7.57. The molecule has 3 rings (SSSR count). The van der Waals surface area contributed by atoms with E-state index in [4.69, 9.17) is 23.5 Å². The standard InChI is InChI=1S/C31H44NO8PSi/c1-9-37-30(33)23(4)32-41(35,40-24-13-11-10-12-14-24)20-21(2)15-16-25-28(36-5)22(3)26-19-39-31(34)27(26)29(25)38-17-18-42(6,7)8/h10-15,23H,9,16-20H2,1-8H3,(H,32,35)/b21-15+/t23-,41?/m0/s1. The van der Waals surface area contributed by atoms with Gasteiger partial charge in [-0.25, -0.2) is 9.88 Å². The Balaban J connectivity index is 1.95. The Hall–Kier alpha value is -3.07. The van der Waals surface area contributed by atoms with E-state index in [9.17, 15) is 14.2 Å². The van der Waals surface area contributed by atoms with Crippen molar-refractivity contribution in [2.45, 2.75) is 72.4 Å². The zero-order valence-corrected chi connectivity index (χ0v) is 27.9. The van der Waals surface area contributed by atoms with E-state index < -0.39 is 33.6 Å². The van der Waals surface area contributed by atoms with Gasteiger partial charge in [-0.15, -0.1) is 0 Å². The SMILES string of the molecule is CCOC(=O)[C@H](C)NP(=O)(C/C(C)=C/Cc1c(OC)c(C)c2c(c1OCC[Si](C)(C)C)C(=O)OC2)Oc1ccccc1. The van der Waals surface area contributed by atoms with E-state index in [1.54, 1.807) is 45.2 Å². The fourth-order valence-corrected chi connectivity index (χ4v) is 7.53. The van der Waals surface area contributed by atoms with Crippen molar-refractivity contribution in [1.29, 1.82) is 0 Å². The molecular formula is C31H44NO8PSi. The molecule has 0 saturated carbocycles.